The molecule has 2 heterocycles. The van der Waals surface area contributed by atoms with E-state index in [1.165, 1.54) is 25.9 Å². The van der Waals surface area contributed by atoms with E-state index in [-0.39, 0.29) is 0 Å². The maximum absolute atomic E-state index is 5.57. The molecule has 2 saturated heterocycles. The van der Waals surface area contributed by atoms with Crippen molar-refractivity contribution in [2.45, 2.75) is 18.4 Å². The van der Waals surface area contributed by atoms with Gasteiger partial charge in [0.2, 0.25) is 0 Å². The molecule has 0 atom stereocenters. The Bertz CT molecular complexity index is 97.6. The van der Waals surface area contributed by atoms with Crippen LogP contribution in [0.3, 0.4) is 0 Å². The lowest BCUT2D eigenvalue weighted by Gasteiger charge is -2.61. The monoisotopic (exact) mass is 112 g/mol. The van der Waals surface area contributed by atoms with Crippen molar-refractivity contribution >= 4 is 0 Å². The van der Waals surface area contributed by atoms with Gasteiger partial charge in [-0.25, -0.2) is 0 Å². The van der Waals surface area contributed by atoms with Crippen molar-refractivity contribution in [3.05, 3.63) is 0 Å². The van der Waals surface area contributed by atoms with Crippen LogP contribution < -0.4 is 5.73 Å². The van der Waals surface area contributed by atoms with E-state index in [4.69, 9.17) is 5.73 Å². The third kappa shape index (κ3) is 0.327. The quantitative estimate of drug-likeness (QED) is 0.508. The summed E-state index contributed by atoms with van der Waals surface area (Å²) in [7, 11) is 0. The van der Waals surface area contributed by atoms with Crippen LogP contribution in [0.1, 0.15) is 12.8 Å². The first-order valence-electron chi connectivity index (χ1n) is 3.32. The first-order chi connectivity index (χ1) is 3.87. The van der Waals surface area contributed by atoms with Gasteiger partial charge in [0.25, 0.3) is 0 Å². The molecule has 2 fully saturated rings. The lowest BCUT2D eigenvalue weighted by molar-refractivity contribution is -0.0964. The van der Waals surface area contributed by atoms with Crippen LogP contribution in [0.2, 0.25) is 0 Å². The van der Waals surface area contributed by atoms with Gasteiger partial charge in [0.15, 0.2) is 0 Å². The molecular weight excluding hydrogens is 100 g/mol. The van der Waals surface area contributed by atoms with Crippen LogP contribution >= 0.6 is 0 Å². The summed E-state index contributed by atoms with van der Waals surface area (Å²) in [6, 6.07) is 0. The highest BCUT2D eigenvalue weighted by Crippen LogP contribution is 2.41. The largest absolute Gasteiger partial charge is 0.329 e. The van der Waals surface area contributed by atoms with E-state index in [2.05, 4.69) is 4.90 Å². The third-order valence-electron chi connectivity index (χ3n) is 2.74. The molecular formula is C6H12N2. The predicted octanol–water partition coefficient (Wildman–Crippen LogP) is -0.207. The summed E-state index contributed by atoms with van der Waals surface area (Å²) in [5.41, 5.74) is 6.08. The van der Waals surface area contributed by atoms with Crippen LogP contribution in [0.4, 0.5) is 0 Å². The van der Waals surface area contributed by atoms with Gasteiger partial charge in [-0.2, -0.15) is 0 Å². The van der Waals surface area contributed by atoms with E-state index < -0.39 is 0 Å². The average molecular weight is 112 g/mol. The predicted molar refractivity (Wildman–Crippen MR) is 32.6 cm³/mol. The molecule has 8 heavy (non-hydrogen) atoms. The summed E-state index contributed by atoms with van der Waals surface area (Å²) < 4.78 is 0. The summed E-state index contributed by atoms with van der Waals surface area (Å²) in [6.07, 6.45) is 2.70. The van der Waals surface area contributed by atoms with Crippen molar-refractivity contribution in [2.75, 3.05) is 19.6 Å². The fourth-order valence-electron chi connectivity index (χ4n) is 1.74. The summed E-state index contributed by atoms with van der Waals surface area (Å²) in [4.78, 5) is 2.48. The number of hydrogen-bond acceptors (Lipinski definition) is 2. The van der Waals surface area contributed by atoms with Gasteiger partial charge < -0.3 is 5.73 Å². The minimum atomic E-state index is 0.514. The molecule has 2 rings (SSSR count). The van der Waals surface area contributed by atoms with Crippen LogP contribution in [0, 0.1) is 0 Å². The van der Waals surface area contributed by atoms with Gasteiger partial charge in [0.05, 0.1) is 0 Å². The van der Waals surface area contributed by atoms with Gasteiger partial charge >= 0.3 is 0 Å². The zero-order valence-electron chi connectivity index (χ0n) is 5.06. The molecule has 2 nitrogen and oxygen atoms in total. The second-order valence-electron chi connectivity index (χ2n) is 2.92. The molecule has 46 valence electrons. The van der Waals surface area contributed by atoms with E-state index in [9.17, 15) is 0 Å². The number of nitrogens with two attached hydrogens (primary N) is 1. The Labute approximate surface area is 49.7 Å². The number of hydrogen-bond donors (Lipinski definition) is 1. The third-order valence-corrected chi connectivity index (χ3v) is 2.74. The molecule has 0 aromatic heterocycles. The highest BCUT2D eigenvalue weighted by Gasteiger charge is 2.50. The van der Waals surface area contributed by atoms with Crippen LogP contribution in [0.15, 0.2) is 0 Å². The van der Waals surface area contributed by atoms with Crippen molar-refractivity contribution < 1.29 is 0 Å². The second-order valence-corrected chi connectivity index (χ2v) is 2.92. The van der Waals surface area contributed by atoms with Crippen molar-refractivity contribution in [3.63, 3.8) is 0 Å². The smallest absolute Gasteiger partial charge is 0.0356 e. The fourth-order valence-corrected chi connectivity index (χ4v) is 1.74. The summed E-state index contributed by atoms with van der Waals surface area (Å²) in [5.74, 6) is 0. The van der Waals surface area contributed by atoms with Crippen LogP contribution in [-0.2, 0) is 0 Å². The standard InChI is InChI=1S/C6H12N2/c7-5-6-1-3-8(6)4-2-6/h1-5,7H2. The molecule has 0 radical (unpaired) electrons. The van der Waals surface area contributed by atoms with E-state index in [1.54, 1.807) is 0 Å². The lowest BCUT2D eigenvalue weighted by atomic mass is 9.74. The second kappa shape index (κ2) is 1.25. The molecule has 0 aromatic carbocycles. The van der Waals surface area contributed by atoms with Gasteiger partial charge in [-0.1, -0.05) is 0 Å². The van der Waals surface area contributed by atoms with Crippen LogP contribution in [0.25, 0.3) is 0 Å². The first kappa shape index (κ1) is 4.77. The molecule has 2 heteroatoms. The SMILES string of the molecule is NCC12CCN1CC2. The molecule has 2 aliphatic rings. The van der Waals surface area contributed by atoms with Crippen LogP contribution in [-0.4, -0.2) is 30.1 Å². The molecule has 0 unspecified atom stereocenters. The number of rotatable bonds is 1. The fraction of sp³-hybridized carbons (Fsp3) is 1.00. The summed E-state index contributed by atoms with van der Waals surface area (Å²) in [5, 5.41) is 0. The molecule has 0 bridgehead atoms. The Balaban J connectivity index is 2.05. The zero-order chi connectivity index (χ0) is 5.61. The highest BCUT2D eigenvalue weighted by atomic mass is 15.3. The van der Waals surface area contributed by atoms with E-state index in [1.807, 2.05) is 0 Å². The van der Waals surface area contributed by atoms with Gasteiger partial charge in [0, 0.05) is 25.2 Å². The average Bonchev–Trinajstić information content (AvgIpc) is 1.78. The Morgan fingerprint density at radius 3 is 2.00 bits per heavy atom. The van der Waals surface area contributed by atoms with Crippen molar-refractivity contribution in [1.82, 2.24) is 4.90 Å². The normalized spacial score (nSPS) is 32.6. The Kier molecular flexibility index (Phi) is 0.746. The van der Waals surface area contributed by atoms with Crippen molar-refractivity contribution in [1.29, 1.82) is 0 Å². The first-order valence-corrected chi connectivity index (χ1v) is 3.32. The van der Waals surface area contributed by atoms with E-state index in [0.29, 0.717) is 5.54 Å². The molecule has 0 amide bonds. The Morgan fingerprint density at radius 2 is 2.00 bits per heavy atom. The molecule has 0 saturated carbocycles. The van der Waals surface area contributed by atoms with Crippen molar-refractivity contribution in [3.8, 4) is 0 Å². The number of fused-ring (bicyclic) bond motifs is 1. The number of nitrogens with zero attached hydrogens (tertiary/aromatic N) is 1. The molecule has 0 spiro atoms. The van der Waals surface area contributed by atoms with Gasteiger partial charge in [-0.05, 0) is 12.8 Å². The maximum Gasteiger partial charge on any atom is 0.0356 e. The van der Waals surface area contributed by atoms with Gasteiger partial charge in [-0.3, -0.25) is 4.90 Å². The zero-order valence-corrected chi connectivity index (χ0v) is 5.06. The summed E-state index contributed by atoms with van der Waals surface area (Å²) in [6.45, 7) is 3.49. The molecule has 0 aromatic rings. The summed E-state index contributed by atoms with van der Waals surface area (Å²) >= 11 is 0. The van der Waals surface area contributed by atoms with Crippen molar-refractivity contribution in [2.24, 2.45) is 5.73 Å². The lowest BCUT2D eigenvalue weighted by Crippen LogP contribution is -2.72. The maximum atomic E-state index is 5.57. The topological polar surface area (TPSA) is 29.3 Å². The Morgan fingerprint density at radius 1 is 1.38 bits per heavy atom. The molecule has 2 aliphatic heterocycles. The van der Waals surface area contributed by atoms with E-state index in [0.717, 1.165) is 6.54 Å². The Hall–Kier alpha value is -0.0800. The van der Waals surface area contributed by atoms with Gasteiger partial charge in [-0.15, -0.1) is 0 Å². The van der Waals surface area contributed by atoms with Crippen LogP contribution in [0.5, 0.6) is 0 Å². The minimum Gasteiger partial charge on any atom is -0.329 e. The highest BCUT2D eigenvalue weighted by molar-refractivity contribution is 5.08. The molecule has 0 aliphatic carbocycles. The number of piperidine rings is 1. The van der Waals surface area contributed by atoms with Gasteiger partial charge in [0.1, 0.15) is 0 Å². The molecule has 2 N–H and O–H groups in total. The minimum absolute atomic E-state index is 0.514. The van der Waals surface area contributed by atoms with E-state index >= 15 is 0 Å².